The molecule has 1 heterocycles. The van der Waals surface area contributed by atoms with E-state index in [1.54, 1.807) is 0 Å². The second-order valence-corrected chi connectivity index (χ2v) is 7.87. The topological polar surface area (TPSA) is 46.9 Å². The number of hydrogen-bond acceptors (Lipinski definition) is 2. The smallest absolute Gasteiger partial charge is 0.235 e. The second-order valence-electron chi connectivity index (χ2n) is 7.87. The lowest BCUT2D eigenvalue weighted by Crippen LogP contribution is -2.34. The zero-order valence-electron chi connectivity index (χ0n) is 16.1. The number of aryl methyl sites for hydroxylation is 1. The molecule has 3 aromatic rings. The van der Waals surface area contributed by atoms with Crippen molar-refractivity contribution in [2.45, 2.75) is 38.0 Å². The van der Waals surface area contributed by atoms with E-state index in [2.05, 4.69) is 34.7 Å². The molecule has 0 unspecified atom stereocenters. The minimum Gasteiger partial charge on any atom is -0.308 e. The van der Waals surface area contributed by atoms with Gasteiger partial charge in [0.25, 0.3) is 0 Å². The van der Waals surface area contributed by atoms with Crippen molar-refractivity contribution in [2.75, 3.05) is 5.32 Å². The van der Waals surface area contributed by atoms with E-state index < -0.39 is 5.41 Å². The van der Waals surface area contributed by atoms with E-state index in [0.717, 1.165) is 11.1 Å². The van der Waals surface area contributed by atoms with Crippen molar-refractivity contribution in [2.24, 2.45) is 7.05 Å². The highest BCUT2D eigenvalue weighted by molar-refractivity contribution is 5.98. The molecule has 1 aromatic heterocycles. The molecule has 0 bridgehead atoms. The number of hydrogen-bond donors (Lipinski definition) is 1. The number of rotatable bonds is 5. The molecule has 27 heavy (non-hydrogen) atoms. The average molecular weight is 359 g/mol. The largest absolute Gasteiger partial charge is 0.308 e. The Morgan fingerprint density at radius 2 is 1.67 bits per heavy atom. The van der Waals surface area contributed by atoms with E-state index in [-0.39, 0.29) is 5.91 Å². The molecule has 4 rings (SSSR count). The van der Waals surface area contributed by atoms with Crippen LogP contribution in [0.3, 0.4) is 0 Å². The molecule has 2 aromatic carbocycles. The quantitative estimate of drug-likeness (QED) is 0.706. The number of carbonyl (C=O) groups excluding carboxylic acids is 1. The first-order chi connectivity index (χ1) is 12.9. The van der Waals surface area contributed by atoms with Crippen molar-refractivity contribution in [3.63, 3.8) is 0 Å². The predicted octanol–water partition coefficient (Wildman–Crippen LogP) is 4.88. The van der Waals surface area contributed by atoms with Crippen molar-refractivity contribution < 1.29 is 4.79 Å². The van der Waals surface area contributed by atoms with Gasteiger partial charge in [0.15, 0.2) is 5.82 Å². The van der Waals surface area contributed by atoms with Gasteiger partial charge in [-0.1, -0.05) is 54.6 Å². The maximum Gasteiger partial charge on any atom is 0.235 e. The summed E-state index contributed by atoms with van der Waals surface area (Å²) in [4.78, 5) is 12.9. The number of aromatic nitrogens is 2. The predicted molar refractivity (Wildman–Crippen MR) is 109 cm³/mol. The third-order valence-corrected chi connectivity index (χ3v) is 5.43. The van der Waals surface area contributed by atoms with Crippen molar-refractivity contribution >= 4 is 11.7 Å². The highest BCUT2D eigenvalue weighted by Crippen LogP contribution is 2.40. The minimum absolute atomic E-state index is 0.0459. The molecule has 4 heteroatoms. The number of carbonyl (C=O) groups is 1. The van der Waals surface area contributed by atoms with Gasteiger partial charge in [-0.05, 0) is 43.4 Å². The molecular formula is C23H25N3O. The van der Waals surface area contributed by atoms with Gasteiger partial charge in [0.2, 0.25) is 5.91 Å². The highest BCUT2D eigenvalue weighted by atomic mass is 16.2. The van der Waals surface area contributed by atoms with Crippen LogP contribution in [-0.4, -0.2) is 15.7 Å². The molecule has 1 amide bonds. The maximum absolute atomic E-state index is 12.9. The van der Waals surface area contributed by atoms with Gasteiger partial charge >= 0.3 is 0 Å². The molecule has 1 fully saturated rings. The molecule has 1 aliphatic carbocycles. The van der Waals surface area contributed by atoms with E-state index in [1.807, 2.05) is 62.0 Å². The van der Waals surface area contributed by atoms with Gasteiger partial charge < -0.3 is 5.32 Å². The zero-order chi connectivity index (χ0) is 19.0. The summed E-state index contributed by atoms with van der Waals surface area (Å²) in [5.41, 5.74) is 3.86. The average Bonchev–Trinajstić information content (AvgIpc) is 3.45. The van der Waals surface area contributed by atoms with E-state index in [9.17, 15) is 4.79 Å². The molecule has 138 valence electrons. The fraction of sp³-hybridized carbons (Fsp3) is 0.304. The highest BCUT2D eigenvalue weighted by Gasteiger charge is 2.32. The lowest BCUT2D eigenvalue weighted by molar-refractivity contribution is -0.120. The summed E-state index contributed by atoms with van der Waals surface area (Å²) in [5.74, 6) is 1.19. The van der Waals surface area contributed by atoms with Crippen LogP contribution in [0.1, 0.15) is 43.9 Å². The Kier molecular flexibility index (Phi) is 4.34. The Morgan fingerprint density at radius 3 is 2.30 bits per heavy atom. The Labute approximate surface area is 160 Å². The van der Waals surface area contributed by atoms with Crippen molar-refractivity contribution in [3.05, 3.63) is 71.9 Å². The summed E-state index contributed by atoms with van der Waals surface area (Å²) in [6.45, 7) is 3.90. The SMILES string of the molecule is Cn1nc(NC(=O)C(C)(C)c2ccc(-c3ccccc3)cc2)cc1C1CC1. The van der Waals surface area contributed by atoms with Crippen LogP contribution >= 0.6 is 0 Å². The summed E-state index contributed by atoms with van der Waals surface area (Å²) in [6, 6.07) is 20.5. The molecule has 0 aliphatic heterocycles. The molecule has 1 N–H and O–H groups in total. The van der Waals surface area contributed by atoms with E-state index in [0.29, 0.717) is 11.7 Å². The lowest BCUT2D eigenvalue weighted by atomic mass is 9.83. The molecule has 0 saturated heterocycles. The molecule has 4 nitrogen and oxygen atoms in total. The number of anilines is 1. The van der Waals surface area contributed by atoms with Gasteiger partial charge in [-0.15, -0.1) is 0 Å². The van der Waals surface area contributed by atoms with Crippen LogP contribution in [-0.2, 0) is 17.3 Å². The summed E-state index contributed by atoms with van der Waals surface area (Å²) >= 11 is 0. The van der Waals surface area contributed by atoms with Gasteiger partial charge in [-0.2, -0.15) is 5.10 Å². The van der Waals surface area contributed by atoms with Crippen molar-refractivity contribution in [1.29, 1.82) is 0 Å². The van der Waals surface area contributed by atoms with Crippen LogP contribution in [0.25, 0.3) is 11.1 Å². The van der Waals surface area contributed by atoms with Gasteiger partial charge in [-0.3, -0.25) is 9.48 Å². The summed E-state index contributed by atoms with van der Waals surface area (Å²) in [5, 5.41) is 7.46. The summed E-state index contributed by atoms with van der Waals surface area (Å²) in [6.07, 6.45) is 2.43. The van der Waals surface area contributed by atoms with Crippen molar-refractivity contribution in [1.82, 2.24) is 9.78 Å². The van der Waals surface area contributed by atoms with Crippen LogP contribution in [0.15, 0.2) is 60.7 Å². The standard InChI is InChI=1S/C23H25N3O/c1-23(2,19-13-11-17(12-14-19)16-7-5-4-6-8-16)22(27)24-21-15-20(18-9-10-18)26(3)25-21/h4-8,11-15,18H,9-10H2,1-3H3,(H,24,25,27). The Bertz CT molecular complexity index is 951. The Hall–Kier alpha value is -2.88. The van der Waals surface area contributed by atoms with Gasteiger partial charge in [0.05, 0.1) is 5.41 Å². The molecule has 1 aliphatic rings. The molecule has 0 atom stereocenters. The third-order valence-electron chi connectivity index (χ3n) is 5.43. The van der Waals surface area contributed by atoms with Gasteiger partial charge in [0.1, 0.15) is 0 Å². The van der Waals surface area contributed by atoms with Crippen LogP contribution in [0, 0.1) is 0 Å². The molecular weight excluding hydrogens is 334 g/mol. The lowest BCUT2D eigenvalue weighted by Gasteiger charge is -2.24. The van der Waals surface area contributed by atoms with Crippen molar-refractivity contribution in [3.8, 4) is 11.1 Å². The monoisotopic (exact) mass is 359 g/mol. The molecule has 1 saturated carbocycles. The Morgan fingerprint density at radius 1 is 1.04 bits per heavy atom. The van der Waals surface area contributed by atoms with Crippen LogP contribution in [0.5, 0.6) is 0 Å². The first-order valence-electron chi connectivity index (χ1n) is 9.46. The van der Waals surface area contributed by atoms with Crippen LogP contribution in [0.2, 0.25) is 0 Å². The van der Waals surface area contributed by atoms with E-state index in [1.165, 1.54) is 24.1 Å². The summed E-state index contributed by atoms with van der Waals surface area (Å²) < 4.78 is 1.88. The maximum atomic E-state index is 12.9. The third kappa shape index (κ3) is 3.52. The number of benzene rings is 2. The fourth-order valence-electron chi connectivity index (χ4n) is 3.42. The van der Waals surface area contributed by atoms with Gasteiger partial charge in [0, 0.05) is 24.7 Å². The summed E-state index contributed by atoms with van der Waals surface area (Å²) in [7, 11) is 1.94. The van der Waals surface area contributed by atoms with Gasteiger partial charge in [-0.25, -0.2) is 0 Å². The number of amides is 1. The van der Waals surface area contributed by atoms with Crippen LogP contribution < -0.4 is 5.32 Å². The van der Waals surface area contributed by atoms with E-state index in [4.69, 9.17) is 0 Å². The Balaban J connectivity index is 1.51. The first-order valence-corrected chi connectivity index (χ1v) is 9.46. The minimum atomic E-state index is -0.646. The first kappa shape index (κ1) is 17.5. The molecule has 0 spiro atoms. The molecule has 0 radical (unpaired) electrons. The fourth-order valence-corrected chi connectivity index (χ4v) is 3.42. The normalized spacial score (nSPS) is 14.2. The van der Waals surface area contributed by atoms with Crippen LogP contribution in [0.4, 0.5) is 5.82 Å². The van der Waals surface area contributed by atoms with E-state index >= 15 is 0 Å². The number of nitrogens with zero attached hydrogens (tertiary/aromatic N) is 2. The zero-order valence-corrected chi connectivity index (χ0v) is 16.1. The second kappa shape index (κ2) is 6.69. The number of nitrogens with one attached hydrogen (secondary N) is 1.